The Morgan fingerprint density at radius 2 is 2.50 bits per heavy atom. The van der Waals surface area contributed by atoms with Crippen LogP contribution < -0.4 is 11.1 Å². The Morgan fingerprint density at radius 3 is 3.00 bits per heavy atom. The van der Waals surface area contributed by atoms with Gasteiger partial charge in [-0.05, 0) is 13.3 Å². The Morgan fingerprint density at radius 1 is 1.79 bits per heavy atom. The number of nitrogens with zero attached hydrogens (tertiary/aromatic N) is 1. The minimum absolute atomic E-state index is 0.111. The summed E-state index contributed by atoms with van der Waals surface area (Å²) in [5.74, 6) is -0.111. The van der Waals surface area contributed by atoms with Crippen molar-refractivity contribution < 1.29 is 4.79 Å². The zero-order valence-corrected chi connectivity index (χ0v) is 9.23. The molecule has 0 saturated carbocycles. The summed E-state index contributed by atoms with van der Waals surface area (Å²) in [7, 11) is 0. The first-order valence-electron chi connectivity index (χ1n) is 4.58. The molecule has 0 unspecified atom stereocenters. The number of rotatable bonds is 4. The highest BCUT2D eigenvalue weighted by atomic mass is 32.1. The number of carbonyl (C=O) groups is 1. The van der Waals surface area contributed by atoms with Gasteiger partial charge in [0.1, 0.15) is 5.01 Å². The van der Waals surface area contributed by atoms with E-state index in [2.05, 4.69) is 10.3 Å². The number of aryl methyl sites for hydroxylation is 1. The van der Waals surface area contributed by atoms with Gasteiger partial charge in [-0.25, -0.2) is 4.98 Å². The van der Waals surface area contributed by atoms with Gasteiger partial charge in [-0.1, -0.05) is 6.92 Å². The number of hydrogen-bond acceptors (Lipinski definition) is 4. The normalized spacial score (nSPS) is 12.5. The summed E-state index contributed by atoms with van der Waals surface area (Å²) in [5, 5.41) is 3.66. The fraction of sp³-hybridized carbons (Fsp3) is 0.556. The first kappa shape index (κ1) is 11.1. The van der Waals surface area contributed by atoms with E-state index in [1.807, 2.05) is 13.8 Å². The number of nitrogens with two attached hydrogens (primary N) is 1. The molecule has 0 fully saturated rings. The number of hydrogen-bond donors (Lipinski definition) is 2. The predicted octanol–water partition coefficient (Wildman–Crippen LogP) is 0.805. The summed E-state index contributed by atoms with van der Waals surface area (Å²) in [6.45, 7) is 4.35. The van der Waals surface area contributed by atoms with Crippen LogP contribution in [0.25, 0.3) is 0 Å². The molecule has 0 aliphatic heterocycles. The molecule has 0 spiro atoms. The van der Waals surface area contributed by atoms with Gasteiger partial charge in [-0.3, -0.25) is 4.79 Å². The quantitative estimate of drug-likeness (QED) is 0.777. The molecule has 1 aromatic heterocycles. The summed E-state index contributed by atoms with van der Waals surface area (Å²) in [6, 6.07) is -0.406. The van der Waals surface area contributed by atoms with Crippen LogP contribution in [0.1, 0.15) is 23.2 Å². The smallest absolute Gasteiger partial charge is 0.237 e. The lowest BCUT2D eigenvalue weighted by Gasteiger charge is -2.08. The fourth-order valence-corrected chi connectivity index (χ4v) is 1.69. The average molecular weight is 213 g/mol. The number of amides is 1. The summed E-state index contributed by atoms with van der Waals surface area (Å²) in [4.78, 5) is 16.6. The van der Waals surface area contributed by atoms with Gasteiger partial charge < -0.3 is 11.1 Å². The maximum atomic E-state index is 11.3. The van der Waals surface area contributed by atoms with Gasteiger partial charge in [-0.15, -0.1) is 11.3 Å². The zero-order chi connectivity index (χ0) is 10.6. The zero-order valence-electron chi connectivity index (χ0n) is 8.41. The highest BCUT2D eigenvalue weighted by Gasteiger charge is 2.10. The average Bonchev–Trinajstić information content (AvgIpc) is 2.59. The van der Waals surface area contributed by atoms with Gasteiger partial charge in [0.15, 0.2) is 0 Å². The molecule has 0 saturated heterocycles. The van der Waals surface area contributed by atoms with Crippen molar-refractivity contribution in [3.05, 3.63) is 16.1 Å². The van der Waals surface area contributed by atoms with Crippen molar-refractivity contribution in [1.82, 2.24) is 10.3 Å². The molecule has 0 aromatic carbocycles. The van der Waals surface area contributed by atoms with E-state index in [0.717, 1.165) is 9.88 Å². The van der Waals surface area contributed by atoms with Crippen molar-refractivity contribution in [1.29, 1.82) is 0 Å². The second-order valence-corrected chi connectivity index (χ2v) is 4.42. The van der Waals surface area contributed by atoms with E-state index < -0.39 is 6.04 Å². The molecule has 0 bridgehead atoms. The number of aromatic nitrogens is 1. The topological polar surface area (TPSA) is 68.0 Å². The summed E-state index contributed by atoms with van der Waals surface area (Å²) in [5.41, 5.74) is 5.56. The standard InChI is InChI=1S/C9H15N3OS/c1-3-7(10)9(13)12-5-8-11-4-6(2)14-8/h4,7H,3,5,10H2,1-2H3,(H,12,13)/t7-/m0/s1. The van der Waals surface area contributed by atoms with Gasteiger partial charge in [0.2, 0.25) is 5.91 Å². The molecular weight excluding hydrogens is 198 g/mol. The lowest BCUT2D eigenvalue weighted by Crippen LogP contribution is -2.39. The third kappa shape index (κ3) is 3.08. The van der Waals surface area contributed by atoms with E-state index in [0.29, 0.717) is 13.0 Å². The number of thiazole rings is 1. The third-order valence-corrected chi connectivity index (χ3v) is 2.77. The highest BCUT2D eigenvalue weighted by molar-refractivity contribution is 7.11. The van der Waals surface area contributed by atoms with E-state index in [1.165, 1.54) is 0 Å². The van der Waals surface area contributed by atoms with E-state index in [9.17, 15) is 4.79 Å². The Balaban J connectivity index is 2.37. The number of nitrogens with one attached hydrogen (secondary N) is 1. The lowest BCUT2D eigenvalue weighted by atomic mass is 10.2. The largest absolute Gasteiger partial charge is 0.348 e. The first-order valence-corrected chi connectivity index (χ1v) is 5.39. The van der Waals surface area contributed by atoms with Crippen molar-refractivity contribution in [2.24, 2.45) is 5.73 Å². The lowest BCUT2D eigenvalue weighted by molar-refractivity contribution is -0.122. The van der Waals surface area contributed by atoms with Crippen LogP contribution >= 0.6 is 11.3 Å². The molecule has 5 heteroatoms. The van der Waals surface area contributed by atoms with Crippen molar-refractivity contribution in [2.75, 3.05) is 0 Å². The molecule has 0 radical (unpaired) electrons. The minimum atomic E-state index is -0.406. The van der Waals surface area contributed by atoms with E-state index in [4.69, 9.17) is 5.73 Å². The third-order valence-electron chi connectivity index (χ3n) is 1.86. The second-order valence-electron chi connectivity index (χ2n) is 3.10. The van der Waals surface area contributed by atoms with Crippen LogP contribution in [-0.4, -0.2) is 16.9 Å². The molecule has 78 valence electrons. The fourth-order valence-electron chi connectivity index (χ4n) is 0.962. The molecule has 1 rings (SSSR count). The SMILES string of the molecule is CC[C@H](N)C(=O)NCc1ncc(C)s1. The molecule has 14 heavy (non-hydrogen) atoms. The monoisotopic (exact) mass is 213 g/mol. The van der Waals surface area contributed by atoms with Crippen LogP contribution in [0.3, 0.4) is 0 Å². The van der Waals surface area contributed by atoms with Gasteiger partial charge in [0.05, 0.1) is 12.6 Å². The Kier molecular flexibility index (Phi) is 4.03. The van der Waals surface area contributed by atoms with Crippen LogP contribution in [0.5, 0.6) is 0 Å². The minimum Gasteiger partial charge on any atom is -0.348 e. The van der Waals surface area contributed by atoms with Gasteiger partial charge in [0.25, 0.3) is 0 Å². The summed E-state index contributed by atoms with van der Waals surface area (Å²) >= 11 is 1.58. The van der Waals surface area contributed by atoms with E-state index in [1.54, 1.807) is 17.5 Å². The van der Waals surface area contributed by atoms with Gasteiger partial charge in [0, 0.05) is 11.1 Å². The highest BCUT2D eigenvalue weighted by Crippen LogP contribution is 2.10. The maximum Gasteiger partial charge on any atom is 0.237 e. The van der Waals surface area contributed by atoms with E-state index in [-0.39, 0.29) is 5.91 Å². The summed E-state index contributed by atoms with van der Waals surface area (Å²) < 4.78 is 0. The van der Waals surface area contributed by atoms with Crippen molar-refractivity contribution in [3.8, 4) is 0 Å². The van der Waals surface area contributed by atoms with Crippen LogP contribution in [0, 0.1) is 6.92 Å². The van der Waals surface area contributed by atoms with Gasteiger partial charge in [-0.2, -0.15) is 0 Å². The second kappa shape index (κ2) is 5.07. The van der Waals surface area contributed by atoms with Crippen molar-refractivity contribution >= 4 is 17.2 Å². The molecule has 4 nitrogen and oxygen atoms in total. The first-order chi connectivity index (χ1) is 6.63. The molecule has 1 atom stereocenters. The Bertz CT molecular complexity index is 311. The molecule has 1 heterocycles. The molecular formula is C9H15N3OS. The maximum absolute atomic E-state index is 11.3. The van der Waals surface area contributed by atoms with Crippen LogP contribution in [-0.2, 0) is 11.3 Å². The molecule has 3 N–H and O–H groups in total. The van der Waals surface area contributed by atoms with Crippen molar-refractivity contribution in [3.63, 3.8) is 0 Å². The Labute approximate surface area is 87.5 Å². The Hall–Kier alpha value is -0.940. The molecule has 0 aliphatic carbocycles. The molecule has 1 aromatic rings. The van der Waals surface area contributed by atoms with Crippen LogP contribution in [0.2, 0.25) is 0 Å². The predicted molar refractivity (Wildman–Crippen MR) is 57.0 cm³/mol. The van der Waals surface area contributed by atoms with Gasteiger partial charge >= 0.3 is 0 Å². The summed E-state index contributed by atoms with van der Waals surface area (Å²) in [6.07, 6.45) is 2.45. The molecule has 0 aliphatic rings. The van der Waals surface area contributed by atoms with E-state index >= 15 is 0 Å². The molecule has 1 amide bonds. The number of carbonyl (C=O) groups excluding carboxylic acids is 1. The van der Waals surface area contributed by atoms with Crippen LogP contribution in [0.4, 0.5) is 0 Å². The van der Waals surface area contributed by atoms with Crippen molar-refractivity contribution in [2.45, 2.75) is 32.9 Å². The van der Waals surface area contributed by atoms with Crippen LogP contribution in [0.15, 0.2) is 6.20 Å².